The number of benzene rings is 2. The summed E-state index contributed by atoms with van der Waals surface area (Å²) in [6.07, 6.45) is 0. The van der Waals surface area contributed by atoms with Crippen LogP contribution < -0.4 is 11.1 Å². The van der Waals surface area contributed by atoms with Gasteiger partial charge in [0.05, 0.1) is 37.8 Å². The minimum atomic E-state index is -0.292. The number of hydrogen-bond acceptors (Lipinski definition) is 3. The van der Waals surface area contributed by atoms with E-state index in [1.54, 1.807) is 41.1 Å². The second-order valence-electron chi connectivity index (χ2n) is 5.75. The minimum Gasteiger partial charge on any atom is -0.396 e. The number of amides is 1. The van der Waals surface area contributed by atoms with E-state index in [9.17, 15) is 4.79 Å². The summed E-state index contributed by atoms with van der Waals surface area (Å²) >= 11 is 18.1. The zero-order valence-corrected chi connectivity index (χ0v) is 16.2. The van der Waals surface area contributed by atoms with Crippen LogP contribution in [-0.2, 0) is 0 Å². The molecule has 5 nitrogen and oxygen atoms in total. The van der Waals surface area contributed by atoms with Crippen LogP contribution in [0, 0.1) is 13.8 Å². The summed E-state index contributed by atoms with van der Waals surface area (Å²) in [5.74, 6) is -0.292. The molecule has 1 amide bonds. The molecule has 134 valence electrons. The third-order valence-corrected chi connectivity index (χ3v) is 5.09. The molecule has 3 aromatic rings. The summed E-state index contributed by atoms with van der Waals surface area (Å²) in [6, 6.07) is 10.1. The lowest BCUT2D eigenvalue weighted by Crippen LogP contribution is -2.12. The van der Waals surface area contributed by atoms with E-state index in [0.29, 0.717) is 16.3 Å². The Morgan fingerprint density at radius 1 is 1.08 bits per heavy atom. The maximum Gasteiger partial charge on any atom is 0.255 e. The van der Waals surface area contributed by atoms with Gasteiger partial charge < -0.3 is 11.1 Å². The smallest absolute Gasteiger partial charge is 0.255 e. The summed E-state index contributed by atoms with van der Waals surface area (Å²) in [6.45, 7) is 3.73. The Bertz CT molecular complexity index is 973. The van der Waals surface area contributed by atoms with Crippen molar-refractivity contribution < 1.29 is 4.79 Å². The zero-order chi connectivity index (χ0) is 19.0. The standard InChI is InChI=1S/C18H15Cl3N4O/c1-9-16(21)10(2)25(24-9)13-5-3-11(4-6-13)18(26)23-12-7-14(19)17(22)15(20)8-12/h3-8H,22H2,1-2H3,(H,23,26). The molecule has 0 aliphatic heterocycles. The molecule has 0 saturated carbocycles. The summed E-state index contributed by atoms with van der Waals surface area (Å²) in [5.41, 5.74) is 9.32. The van der Waals surface area contributed by atoms with E-state index in [4.69, 9.17) is 40.5 Å². The van der Waals surface area contributed by atoms with Gasteiger partial charge in [0.2, 0.25) is 0 Å². The molecule has 0 aliphatic carbocycles. The van der Waals surface area contributed by atoms with Crippen LogP contribution in [0.15, 0.2) is 36.4 Å². The maximum atomic E-state index is 12.4. The Hall–Kier alpha value is -2.21. The number of rotatable bonds is 3. The Morgan fingerprint density at radius 3 is 2.15 bits per heavy atom. The van der Waals surface area contributed by atoms with Crippen molar-refractivity contribution >= 4 is 52.1 Å². The molecule has 0 radical (unpaired) electrons. The number of carbonyl (C=O) groups excluding carboxylic acids is 1. The molecule has 0 aliphatic rings. The fraction of sp³-hybridized carbons (Fsp3) is 0.111. The van der Waals surface area contributed by atoms with E-state index in [-0.39, 0.29) is 21.6 Å². The number of aromatic nitrogens is 2. The molecule has 2 aromatic carbocycles. The Kier molecular flexibility index (Phi) is 5.14. The molecule has 3 N–H and O–H groups in total. The van der Waals surface area contributed by atoms with Crippen LogP contribution in [0.1, 0.15) is 21.7 Å². The van der Waals surface area contributed by atoms with Crippen molar-refractivity contribution in [3.05, 3.63) is 68.4 Å². The normalized spacial score (nSPS) is 10.8. The van der Waals surface area contributed by atoms with Crippen molar-refractivity contribution in [2.24, 2.45) is 0 Å². The summed E-state index contributed by atoms with van der Waals surface area (Å²) in [5, 5.41) is 8.33. The van der Waals surface area contributed by atoms with Gasteiger partial charge in [-0.1, -0.05) is 34.8 Å². The number of nitrogens with one attached hydrogen (secondary N) is 1. The lowest BCUT2D eigenvalue weighted by atomic mass is 10.2. The first-order valence-electron chi connectivity index (χ1n) is 7.66. The average molecular weight is 410 g/mol. The maximum absolute atomic E-state index is 12.4. The number of nitrogens with zero attached hydrogens (tertiary/aromatic N) is 2. The molecule has 0 atom stereocenters. The van der Waals surface area contributed by atoms with E-state index in [2.05, 4.69) is 10.4 Å². The van der Waals surface area contributed by atoms with Gasteiger partial charge in [0.1, 0.15) is 0 Å². The number of nitrogen functional groups attached to an aromatic ring is 1. The Morgan fingerprint density at radius 2 is 1.65 bits per heavy atom. The first-order chi connectivity index (χ1) is 12.3. The van der Waals surface area contributed by atoms with Crippen LogP contribution in [0.4, 0.5) is 11.4 Å². The van der Waals surface area contributed by atoms with Crippen molar-refractivity contribution in [3.8, 4) is 5.69 Å². The van der Waals surface area contributed by atoms with E-state index in [1.807, 2.05) is 13.8 Å². The first-order valence-corrected chi connectivity index (χ1v) is 8.79. The van der Waals surface area contributed by atoms with Gasteiger partial charge >= 0.3 is 0 Å². The molecule has 0 bridgehead atoms. The zero-order valence-electron chi connectivity index (χ0n) is 14.0. The lowest BCUT2D eigenvalue weighted by molar-refractivity contribution is 0.102. The number of anilines is 2. The number of hydrogen-bond donors (Lipinski definition) is 2. The highest BCUT2D eigenvalue weighted by Crippen LogP contribution is 2.31. The van der Waals surface area contributed by atoms with Gasteiger partial charge in [0.15, 0.2) is 0 Å². The van der Waals surface area contributed by atoms with E-state index in [1.165, 1.54) is 0 Å². The van der Waals surface area contributed by atoms with Crippen molar-refractivity contribution in [2.45, 2.75) is 13.8 Å². The van der Waals surface area contributed by atoms with Gasteiger partial charge in [-0.2, -0.15) is 5.10 Å². The predicted octanol–water partition coefficient (Wildman–Crippen LogP) is 5.28. The Labute approximate surface area is 165 Å². The fourth-order valence-electron chi connectivity index (χ4n) is 2.49. The minimum absolute atomic E-state index is 0.277. The number of nitrogens with two attached hydrogens (primary N) is 1. The SMILES string of the molecule is Cc1nn(-c2ccc(C(=O)Nc3cc(Cl)c(N)c(Cl)c3)cc2)c(C)c1Cl. The largest absolute Gasteiger partial charge is 0.396 e. The summed E-state index contributed by atoms with van der Waals surface area (Å²) in [7, 11) is 0. The molecule has 1 heterocycles. The quantitative estimate of drug-likeness (QED) is 0.578. The highest BCUT2D eigenvalue weighted by atomic mass is 35.5. The van der Waals surface area contributed by atoms with Crippen LogP contribution in [0.5, 0.6) is 0 Å². The topological polar surface area (TPSA) is 72.9 Å². The molecule has 1 aromatic heterocycles. The van der Waals surface area contributed by atoms with Crippen LogP contribution in [0.2, 0.25) is 15.1 Å². The van der Waals surface area contributed by atoms with Crippen molar-refractivity contribution in [3.63, 3.8) is 0 Å². The monoisotopic (exact) mass is 408 g/mol. The molecule has 26 heavy (non-hydrogen) atoms. The third-order valence-electron chi connectivity index (χ3n) is 3.91. The molecule has 0 unspecified atom stereocenters. The van der Waals surface area contributed by atoms with Crippen molar-refractivity contribution in [1.29, 1.82) is 0 Å². The second kappa shape index (κ2) is 7.19. The number of aryl methyl sites for hydroxylation is 1. The average Bonchev–Trinajstić information content (AvgIpc) is 2.87. The van der Waals surface area contributed by atoms with Gasteiger partial charge in [-0.15, -0.1) is 0 Å². The third kappa shape index (κ3) is 3.51. The van der Waals surface area contributed by atoms with Gasteiger partial charge in [-0.3, -0.25) is 4.79 Å². The summed E-state index contributed by atoms with van der Waals surface area (Å²) < 4.78 is 1.73. The van der Waals surface area contributed by atoms with Crippen molar-refractivity contribution in [2.75, 3.05) is 11.1 Å². The van der Waals surface area contributed by atoms with Crippen LogP contribution >= 0.6 is 34.8 Å². The van der Waals surface area contributed by atoms with Crippen LogP contribution in [0.25, 0.3) is 5.69 Å². The highest BCUT2D eigenvalue weighted by Gasteiger charge is 2.13. The van der Waals surface area contributed by atoms with Gasteiger partial charge in [0.25, 0.3) is 5.91 Å². The molecule has 8 heteroatoms. The number of halogens is 3. The summed E-state index contributed by atoms with van der Waals surface area (Å²) in [4.78, 5) is 12.4. The van der Waals surface area contributed by atoms with Gasteiger partial charge in [-0.05, 0) is 50.2 Å². The highest BCUT2D eigenvalue weighted by molar-refractivity contribution is 6.39. The Balaban J connectivity index is 1.82. The number of carbonyl (C=O) groups is 1. The fourth-order valence-corrected chi connectivity index (χ4v) is 3.09. The molecule has 0 spiro atoms. The van der Waals surface area contributed by atoms with E-state index < -0.39 is 0 Å². The van der Waals surface area contributed by atoms with Crippen LogP contribution in [-0.4, -0.2) is 15.7 Å². The van der Waals surface area contributed by atoms with Crippen molar-refractivity contribution in [1.82, 2.24) is 9.78 Å². The molecule has 0 fully saturated rings. The molecule has 3 rings (SSSR count). The van der Waals surface area contributed by atoms with E-state index in [0.717, 1.165) is 17.1 Å². The molecular weight excluding hydrogens is 395 g/mol. The molecule has 0 saturated heterocycles. The van der Waals surface area contributed by atoms with Gasteiger partial charge in [0, 0.05) is 11.3 Å². The van der Waals surface area contributed by atoms with Gasteiger partial charge in [-0.25, -0.2) is 4.68 Å². The van der Waals surface area contributed by atoms with E-state index >= 15 is 0 Å². The second-order valence-corrected chi connectivity index (χ2v) is 6.94. The predicted molar refractivity (Wildman–Crippen MR) is 107 cm³/mol. The lowest BCUT2D eigenvalue weighted by Gasteiger charge is -2.09. The first kappa shape index (κ1) is 18.6. The molecular formula is C18H15Cl3N4O. The van der Waals surface area contributed by atoms with Crippen LogP contribution in [0.3, 0.4) is 0 Å².